The molecule has 3 aromatic rings. The Bertz CT molecular complexity index is 1130. The molecule has 7 nitrogen and oxygen atoms in total. The zero-order valence-electron chi connectivity index (χ0n) is 16.3. The zero-order chi connectivity index (χ0) is 21.1. The summed E-state index contributed by atoms with van der Waals surface area (Å²) in [6, 6.07) is 12.5. The maximum absolute atomic E-state index is 12.6. The van der Waals surface area contributed by atoms with Gasteiger partial charge in [0.05, 0.1) is 17.2 Å². The Morgan fingerprint density at radius 3 is 2.50 bits per heavy atom. The average molecular weight is 444 g/mol. The van der Waals surface area contributed by atoms with Gasteiger partial charge in [-0.05, 0) is 74.7 Å². The predicted molar refractivity (Wildman–Crippen MR) is 117 cm³/mol. The Balaban J connectivity index is 1.42. The van der Waals surface area contributed by atoms with Gasteiger partial charge in [0.2, 0.25) is 0 Å². The maximum Gasteiger partial charge on any atom is 0.261 e. The van der Waals surface area contributed by atoms with Crippen LogP contribution >= 0.6 is 11.3 Å². The monoisotopic (exact) mass is 443 g/mol. The summed E-state index contributed by atoms with van der Waals surface area (Å²) in [5.41, 5.74) is 1.86. The van der Waals surface area contributed by atoms with Crippen molar-refractivity contribution in [2.75, 3.05) is 16.6 Å². The number of carbonyl (C=O) groups is 1. The van der Waals surface area contributed by atoms with Crippen LogP contribution in [0.3, 0.4) is 0 Å². The van der Waals surface area contributed by atoms with E-state index in [-0.39, 0.29) is 10.8 Å². The number of carbonyl (C=O) groups excluding carboxylic acids is 1. The van der Waals surface area contributed by atoms with Crippen LogP contribution in [0.1, 0.15) is 34.3 Å². The number of rotatable bonds is 7. The summed E-state index contributed by atoms with van der Waals surface area (Å²) in [5, 5.41) is 3.37. The molecule has 0 aliphatic heterocycles. The van der Waals surface area contributed by atoms with Gasteiger partial charge in [0, 0.05) is 16.1 Å². The molecular formula is C21H21N3O4S2. The van der Waals surface area contributed by atoms with Crippen molar-refractivity contribution in [3.05, 3.63) is 64.7 Å². The minimum atomic E-state index is -3.77. The minimum Gasteiger partial charge on any atom is -0.494 e. The molecule has 0 radical (unpaired) electrons. The highest BCUT2D eigenvalue weighted by Crippen LogP contribution is 2.30. The fraction of sp³-hybridized carbons (Fsp3) is 0.238. The first-order chi connectivity index (χ1) is 14.4. The van der Waals surface area contributed by atoms with Crippen molar-refractivity contribution in [1.29, 1.82) is 0 Å². The fourth-order valence-corrected chi connectivity index (χ4v) is 5.30. The molecule has 1 amide bonds. The van der Waals surface area contributed by atoms with E-state index in [1.165, 1.54) is 40.5 Å². The van der Waals surface area contributed by atoms with Gasteiger partial charge in [-0.3, -0.25) is 14.8 Å². The second kappa shape index (κ2) is 8.45. The highest BCUT2D eigenvalue weighted by molar-refractivity contribution is 7.92. The van der Waals surface area contributed by atoms with E-state index in [4.69, 9.17) is 4.74 Å². The second-order valence-electron chi connectivity index (χ2n) is 6.78. The van der Waals surface area contributed by atoms with Crippen LogP contribution in [0.5, 0.6) is 5.75 Å². The Hall–Kier alpha value is -2.91. The van der Waals surface area contributed by atoms with Gasteiger partial charge in [-0.25, -0.2) is 13.4 Å². The van der Waals surface area contributed by atoms with Gasteiger partial charge in [-0.1, -0.05) is 0 Å². The summed E-state index contributed by atoms with van der Waals surface area (Å²) >= 11 is 1.50. The van der Waals surface area contributed by atoms with Crippen molar-refractivity contribution in [2.24, 2.45) is 0 Å². The molecule has 0 saturated carbocycles. The molecule has 0 unspecified atom stereocenters. The third kappa shape index (κ3) is 4.47. The number of nitrogens with one attached hydrogen (secondary N) is 2. The Morgan fingerprint density at radius 2 is 1.83 bits per heavy atom. The fourth-order valence-electron chi connectivity index (χ4n) is 3.20. The van der Waals surface area contributed by atoms with Crippen LogP contribution in [0.4, 0.5) is 10.8 Å². The number of aryl methyl sites for hydroxylation is 2. The lowest BCUT2D eigenvalue weighted by Gasteiger charge is -2.10. The van der Waals surface area contributed by atoms with Gasteiger partial charge in [0.1, 0.15) is 5.75 Å². The van der Waals surface area contributed by atoms with Crippen LogP contribution in [0.25, 0.3) is 0 Å². The number of nitrogens with zero attached hydrogens (tertiary/aromatic N) is 1. The molecule has 156 valence electrons. The first kappa shape index (κ1) is 20.4. The van der Waals surface area contributed by atoms with Crippen molar-refractivity contribution in [3.8, 4) is 5.75 Å². The van der Waals surface area contributed by atoms with Crippen molar-refractivity contribution in [3.63, 3.8) is 0 Å². The summed E-state index contributed by atoms with van der Waals surface area (Å²) in [4.78, 5) is 18.2. The van der Waals surface area contributed by atoms with Gasteiger partial charge < -0.3 is 4.74 Å². The summed E-state index contributed by atoms with van der Waals surface area (Å²) in [6.07, 6.45) is 3.08. The van der Waals surface area contributed by atoms with E-state index >= 15 is 0 Å². The Labute approximate surface area is 179 Å². The lowest BCUT2D eigenvalue weighted by molar-refractivity contribution is 0.102. The van der Waals surface area contributed by atoms with E-state index < -0.39 is 10.0 Å². The molecule has 1 heterocycles. The summed E-state index contributed by atoms with van der Waals surface area (Å²) in [7, 11) is -3.77. The van der Waals surface area contributed by atoms with Crippen molar-refractivity contribution >= 4 is 38.1 Å². The molecule has 0 atom stereocenters. The van der Waals surface area contributed by atoms with E-state index in [1.807, 2.05) is 6.92 Å². The zero-order valence-corrected chi connectivity index (χ0v) is 18.0. The summed E-state index contributed by atoms with van der Waals surface area (Å²) in [5.74, 6) is 0.354. The molecule has 2 N–H and O–H groups in total. The molecule has 1 aromatic heterocycles. The van der Waals surface area contributed by atoms with Gasteiger partial charge in [0.15, 0.2) is 5.13 Å². The normalized spacial score (nSPS) is 13.0. The molecule has 9 heteroatoms. The maximum atomic E-state index is 12.6. The molecule has 30 heavy (non-hydrogen) atoms. The predicted octanol–water partition coefficient (Wildman–Crippen LogP) is 4.08. The summed E-state index contributed by atoms with van der Waals surface area (Å²) in [6.45, 7) is 2.42. The molecule has 4 rings (SSSR count). The van der Waals surface area contributed by atoms with Crippen molar-refractivity contribution in [1.82, 2.24) is 4.98 Å². The number of thiazole rings is 1. The van der Waals surface area contributed by atoms with Gasteiger partial charge in [0.25, 0.3) is 15.9 Å². The number of ether oxygens (including phenoxy) is 1. The third-order valence-corrected chi connectivity index (χ3v) is 7.13. The SMILES string of the molecule is CCOc1ccc(NS(=O)(=O)c2ccc(C(=O)Nc3nc4c(s3)CCC4)cc2)cc1. The van der Waals surface area contributed by atoms with E-state index in [0.717, 1.165) is 25.0 Å². The number of benzene rings is 2. The molecule has 0 fully saturated rings. The number of hydrogen-bond donors (Lipinski definition) is 2. The molecule has 0 bridgehead atoms. The summed E-state index contributed by atoms with van der Waals surface area (Å²) < 4.78 is 33.1. The van der Waals surface area contributed by atoms with Crippen LogP contribution in [-0.2, 0) is 22.9 Å². The van der Waals surface area contributed by atoms with E-state index in [1.54, 1.807) is 24.3 Å². The lowest BCUT2D eigenvalue weighted by atomic mass is 10.2. The average Bonchev–Trinajstić information content (AvgIpc) is 3.31. The van der Waals surface area contributed by atoms with Crippen molar-refractivity contribution in [2.45, 2.75) is 31.1 Å². The highest BCUT2D eigenvalue weighted by Gasteiger charge is 2.19. The van der Waals surface area contributed by atoms with Crippen LogP contribution in [0.15, 0.2) is 53.4 Å². The number of fused-ring (bicyclic) bond motifs is 1. The van der Waals surface area contributed by atoms with E-state index in [9.17, 15) is 13.2 Å². The highest BCUT2D eigenvalue weighted by atomic mass is 32.2. The lowest BCUT2D eigenvalue weighted by Crippen LogP contribution is -2.14. The number of amides is 1. The minimum absolute atomic E-state index is 0.0705. The van der Waals surface area contributed by atoms with Crippen LogP contribution < -0.4 is 14.8 Å². The third-order valence-electron chi connectivity index (χ3n) is 4.66. The molecule has 0 saturated heterocycles. The molecule has 1 aliphatic carbocycles. The number of hydrogen-bond acceptors (Lipinski definition) is 6. The van der Waals surface area contributed by atoms with Gasteiger partial charge in [-0.2, -0.15) is 0 Å². The smallest absolute Gasteiger partial charge is 0.261 e. The number of sulfonamides is 1. The first-order valence-corrected chi connectivity index (χ1v) is 11.9. The Morgan fingerprint density at radius 1 is 1.10 bits per heavy atom. The molecule has 0 spiro atoms. The quantitative estimate of drug-likeness (QED) is 0.573. The topological polar surface area (TPSA) is 97.4 Å². The molecule has 2 aromatic carbocycles. The van der Waals surface area contributed by atoms with Crippen LogP contribution in [-0.4, -0.2) is 25.9 Å². The Kier molecular flexibility index (Phi) is 5.74. The first-order valence-electron chi connectivity index (χ1n) is 9.60. The van der Waals surface area contributed by atoms with E-state index in [2.05, 4.69) is 15.0 Å². The van der Waals surface area contributed by atoms with Crippen LogP contribution in [0, 0.1) is 0 Å². The van der Waals surface area contributed by atoms with Crippen LogP contribution in [0.2, 0.25) is 0 Å². The van der Waals surface area contributed by atoms with E-state index in [0.29, 0.717) is 28.7 Å². The van der Waals surface area contributed by atoms with Gasteiger partial charge in [-0.15, -0.1) is 11.3 Å². The standard InChI is InChI=1S/C21H21N3O4S2/c1-2-28-16-10-8-15(9-11-16)24-30(26,27)17-12-6-14(7-13-17)20(25)23-21-22-18-4-3-5-19(18)29-21/h6-13,24H,2-5H2,1H3,(H,22,23,25). The number of aromatic nitrogens is 1. The second-order valence-corrected chi connectivity index (χ2v) is 9.55. The van der Waals surface area contributed by atoms with Crippen molar-refractivity contribution < 1.29 is 17.9 Å². The largest absolute Gasteiger partial charge is 0.494 e. The number of anilines is 2. The molecule has 1 aliphatic rings. The van der Waals surface area contributed by atoms with Gasteiger partial charge >= 0.3 is 0 Å². The molecular weight excluding hydrogens is 422 g/mol.